The molecule has 0 rings (SSSR count). The van der Waals surface area contributed by atoms with Gasteiger partial charge in [-0.05, 0) is 7.05 Å². The molecule has 0 aliphatic rings. The maximum Gasteiger partial charge on any atom is 0.418 e. The molecule has 0 radical (unpaired) electrons. The van der Waals surface area contributed by atoms with E-state index in [2.05, 4.69) is 0 Å². The smallest absolute Gasteiger partial charge is 0.305 e. The van der Waals surface area contributed by atoms with Crippen molar-refractivity contribution in [3.8, 4) is 0 Å². The van der Waals surface area contributed by atoms with Crippen molar-refractivity contribution in [1.82, 2.24) is 4.23 Å². The SMILES string of the molecule is CN([SiH2]Cl)[Si](Cl)(Cl)Cl. The number of hydrogen-bond donors (Lipinski definition) is 0. The van der Waals surface area contributed by atoms with Crippen LogP contribution in [0.4, 0.5) is 0 Å². The van der Waals surface area contributed by atoms with E-state index in [1.165, 1.54) is 0 Å². The fourth-order valence-corrected chi connectivity index (χ4v) is 5.49. The summed E-state index contributed by atoms with van der Waals surface area (Å²) in [5.74, 6) is 0. The molecule has 0 aromatic carbocycles. The van der Waals surface area contributed by atoms with Crippen molar-refractivity contribution < 1.29 is 0 Å². The van der Waals surface area contributed by atoms with E-state index in [4.69, 9.17) is 44.3 Å². The van der Waals surface area contributed by atoms with Crippen LogP contribution in [-0.2, 0) is 0 Å². The highest BCUT2D eigenvalue weighted by molar-refractivity contribution is 7.64. The van der Waals surface area contributed by atoms with Gasteiger partial charge in [0.05, 0.1) is 0 Å². The molecule has 0 aromatic rings. The highest BCUT2D eigenvalue weighted by Gasteiger charge is 2.30. The Balaban J connectivity index is 3.62. The van der Waals surface area contributed by atoms with Gasteiger partial charge in [0.1, 0.15) is 0 Å². The molecular weight excluding hydrogens is 224 g/mol. The van der Waals surface area contributed by atoms with E-state index in [1.54, 1.807) is 11.3 Å². The summed E-state index contributed by atoms with van der Waals surface area (Å²) in [6.45, 7) is 0. The summed E-state index contributed by atoms with van der Waals surface area (Å²) in [5.41, 5.74) is 0. The van der Waals surface area contributed by atoms with Crippen molar-refractivity contribution >= 4 is 59.5 Å². The molecule has 0 atom stereocenters. The van der Waals surface area contributed by atoms with Gasteiger partial charge < -0.3 is 4.23 Å². The first-order valence-electron chi connectivity index (χ1n) is 1.82. The molecule has 0 heterocycles. The van der Waals surface area contributed by atoms with Crippen molar-refractivity contribution in [3.05, 3.63) is 0 Å². The number of halogens is 4. The molecule has 0 saturated carbocycles. The van der Waals surface area contributed by atoms with Crippen LogP contribution in [0.1, 0.15) is 0 Å². The number of nitrogens with zero attached hydrogens (tertiary/aromatic N) is 1. The summed E-state index contributed by atoms with van der Waals surface area (Å²) in [6, 6.07) is 0. The lowest BCUT2D eigenvalue weighted by Crippen LogP contribution is -2.37. The Morgan fingerprint density at radius 1 is 1.38 bits per heavy atom. The molecule has 0 bridgehead atoms. The van der Waals surface area contributed by atoms with Crippen LogP contribution in [0.2, 0.25) is 0 Å². The van der Waals surface area contributed by atoms with E-state index < -0.39 is 15.2 Å². The first kappa shape index (κ1) is 9.55. The van der Waals surface area contributed by atoms with Gasteiger partial charge in [0.25, 0.3) is 0 Å². The van der Waals surface area contributed by atoms with Crippen LogP contribution in [-0.4, -0.2) is 26.4 Å². The molecule has 1 nitrogen and oxygen atoms in total. The lowest BCUT2D eigenvalue weighted by atomic mass is 11.6. The van der Waals surface area contributed by atoms with E-state index in [-0.39, 0.29) is 0 Å². The van der Waals surface area contributed by atoms with Crippen molar-refractivity contribution in [2.75, 3.05) is 7.05 Å². The third kappa shape index (κ3) is 3.55. The summed E-state index contributed by atoms with van der Waals surface area (Å²) in [5, 5.41) is 0. The van der Waals surface area contributed by atoms with Crippen molar-refractivity contribution in [3.63, 3.8) is 0 Å². The number of hydrogen-bond acceptors (Lipinski definition) is 1. The second kappa shape index (κ2) is 3.66. The van der Waals surface area contributed by atoms with Gasteiger partial charge in [-0.25, -0.2) is 0 Å². The van der Waals surface area contributed by atoms with E-state index in [1.807, 2.05) is 0 Å². The van der Waals surface area contributed by atoms with Gasteiger partial charge in [-0.1, -0.05) is 0 Å². The Hall–Kier alpha value is 1.55. The molecule has 0 amide bonds. The molecule has 0 aliphatic carbocycles. The van der Waals surface area contributed by atoms with Gasteiger partial charge in [0.2, 0.25) is 0 Å². The predicted octanol–water partition coefficient (Wildman–Crippen LogP) is 1.31. The van der Waals surface area contributed by atoms with E-state index in [9.17, 15) is 0 Å². The molecule has 8 heavy (non-hydrogen) atoms. The molecule has 0 spiro atoms. The molecule has 0 aliphatic heterocycles. The molecule has 0 fully saturated rings. The van der Waals surface area contributed by atoms with E-state index in [0.717, 1.165) is 0 Å². The number of rotatable bonds is 2. The van der Waals surface area contributed by atoms with Crippen molar-refractivity contribution in [2.45, 2.75) is 0 Å². The zero-order valence-electron chi connectivity index (χ0n) is 4.17. The maximum absolute atomic E-state index is 5.53. The highest BCUT2D eigenvalue weighted by atomic mass is 35.8. The second-order valence-electron chi connectivity index (χ2n) is 1.29. The lowest BCUT2D eigenvalue weighted by Gasteiger charge is -2.18. The molecule has 0 unspecified atom stereocenters. The van der Waals surface area contributed by atoms with Crippen LogP contribution >= 0.6 is 44.3 Å². The summed E-state index contributed by atoms with van der Waals surface area (Å²) < 4.78 is 1.65. The first-order valence-corrected chi connectivity index (χ1v) is 9.57. The Bertz CT molecular complexity index is 70.9. The quantitative estimate of drug-likeness (QED) is 0.509. The molecule has 0 saturated heterocycles. The molecule has 0 aromatic heterocycles. The summed E-state index contributed by atoms with van der Waals surface area (Å²) in [7, 11) is 0.940. The van der Waals surface area contributed by atoms with Gasteiger partial charge >= 0.3 is 6.16 Å². The molecule has 0 N–H and O–H groups in total. The first-order chi connectivity index (χ1) is 3.48. The normalized spacial score (nSPS) is 14.2. The second-order valence-corrected chi connectivity index (χ2v) is 12.2. The van der Waals surface area contributed by atoms with Crippen LogP contribution < -0.4 is 0 Å². The Morgan fingerprint density at radius 2 is 1.75 bits per heavy atom. The van der Waals surface area contributed by atoms with E-state index >= 15 is 0 Å². The summed E-state index contributed by atoms with van der Waals surface area (Å²) in [6.07, 6.45) is -2.58. The standard InChI is InChI=1S/CH5Cl4NSi2/c1-6(7-2)8(3,4)5/h7H2,1H3. The van der Waals surface area contributed by atoms with Crippen molar-refractivity contribution in [2.24, 2.45) is 0 Å². The molecule has 7 heteroatoms. The predicted molar refractivity (Wildman–Crippen MR) is 45.5 cm³/mol. The zero-order valence-corrected chi connectivity index (χ0v) is 9.60. The average Bonchev–Trinajstić information content (AvgIpc) is 1.62. The van der Waals surface area contributed by atoms with Gasteiger partial charge in [0, 0.05) is 0 Å². The Morgan fingerprint density at radius 3 is 1.75 bits per heavy atom. The minimum Gasteiger partial charge on any atom is -0.305 e. The maximum atomic E-state index is 5.53. The van der Waals surface area contributed by atoms with Gasteiger partial charge in [-0.3, -0.25) is 0 Å². The van der Waals surface area contributed by atoms with Gasteiger partial charge in [-0.15, -0.1) is 33.2 Å². The summed E-state index contributed by atoms with van der Waals surface area (Å²) >= 11 is 22.1. The third-order valence-electron chi connectivity index (χ3n) is 0.612. The zero-order chi connectivity index (χ0) is 6.78. The van der Waals surface area contributed by atoms with Crippen LogP contribution in [0.5, 0.6) is 0 Å². The fourth-order valence-electron chi connectivity index (χ4n) is 0.0678. The van der Waals surface area contributed by atoms with Crippen molar-refractivity contribution in [1.29, 1.82) is 0 Å². The average molecular weight is 229 g/mol. The van der Waals surface area contributed by atoms with Gasteiger partial charge in [-0.2, -0.15) is 11.1 Å². The van der Waals surface area contributed by atoms with Gasteiger partial charge in [0.15, 0.2) is 8.99 Å². The largest absolute Gasteiger partial charge is 0.418 e. The van der Waals surface area contributed by atoms with Crippen LogP contribution in [0.15, 0.2) is 0 Å². The third-order valence-corrected chi connectivity index (χ3v) is 9.81. The van der Waals surface area contributed by atoms with Crippen LogP contribution in [0.3, 0.4) is 0 Å². The fraction of sp³-hybridized carbons (Fsp3) is 1.00. The van der Waals surface area contributed by atoms with Crippen LogP contribution in [0, 0.1) is 0 Å². The molecule has 50 valence electrons. The topological polar surface area (TPSA) is 3.24 Å². The highest BCUT2D eigenvalue weighted by Crippen LogP contribution is 2.22. The van der Waals surface area contributed by atoms with Crippen LogP contribution in [0.25, 0.3) is 0 Å². The minimum absolute atomic E-state index is 0.794. The molecular formula is CH5Cl4NSi2. The summed E-state index contributed by atoms with van der Waals surface area (Å²) in [4.78, 5) is 0. The lowest BCUT2D eigenvalue weighted by molar-refractivity contribution is 0.864. The monoisotopic (exact) mass is 227 g/mol. The Labute approximate surface area is 70.6 Å². The Kier molecular flexibility index (Phi) is 4.37. The minimum atomic E-state index is -2.58. The van der Waals surface area contributed by atoms with E-state index in [0.29, 0.717) is 0 Å².